The highest BCUT2D eigenvalue weighted by atomic mass is 19.1. The van der Waals surface area contributed by atoms with Gasteiger partial charge in [-0.15, -0.1) is 0 Å². The molecule has 0 aromatic heterocycles. The zero-order valence-electron chi connectivity index (χ0n) is 13.6. The number of aliphatic hydroxyl groups excluding tert-OH is 1. The van der Waals surface area contributed by atoms with Gasteiger partial charge in [-0.05, 0) is 50.3 Å². The average Bonchev–Trinajstić information content (AvgIpc) is 2.55. The lowest BCUT2D eigenvalue weighted by Gasteiger charge is -2.34. The van der Waals surface area contributed by atoms with E-state index in [9.17, 15) is 18.7 Å². The molecule has 2 atom stereocenters. The van der Waals surface area contributed by atoms with Crippen molar-refractivity contribution in [2.45, 2.75) is 45.3 Å². The van der Waals surface area contributed by atoms with Crippen molar-refractivity contribution >= 4 is 6.03 Å². The summed E-state index contributed by atoms with van der Waals surface area (Å²) >= 11 is 0. The molecule has 4 nitrogen and oxygen atoms in total. The summed E-state index contributed by atoms with van der Waals surface area (Å²) in [4.78, 5) is 14.0. The second kappa shape index (κ2) is 7.73. The summed E-state index contributed by atoms with van der Waals surface area (Å²) < 4.78 is 27.2. The molecule has 0 radical (unpaired) electrons. The number of rotatable bonds is 4. The molecular weight excluding hydrogens is 302 g/mol. The van der Waals surface area contributed by atoms with Crippen LogP contribution in [-0.4, -0.2) is 35.2 Å². The van der Waals surface area contributed by atoms with Crippen molar-refractivity contribution in [3.63, 3.8) is 0 Å². The number of amides is 2. The van der Waals surface area contributed by atoms with Gasteiger partial charge in [0.15, 0.2) is 0 Å². The number of carbonyl (C=O) groups is 1. The maximum Gasteiger partial charge on any atom is 0.317 e. The molecule has 0 spiro atoms. The van der Waals surface area contributed by atoms with E-state index in [4.69, 9.17) is 0 Å². The summed E-state index contributed by atoms with van der Waals surface area (Å²) in [5.74, 6) is -0.833. The molecule has 0 bridgehead atoms. The van der Waals surface area contributed by atoms with Crippen molar-refractivity contribution in [2.75, 3.05) is 13.1 Å². The van der Waals surface area contributed by atoms with E-state index in [0.29, 0.717) is 19.5 Å². The van der Waals surface area contributed by atoms with Gasteiger partial charge in [-0.2, -0.15) is 0 Å². The summed E-state index contributed by atoms with van der Waals surface area (Å²) in [5, 5.41) is 12.4. The van der Waals surface area contributed by atoms with Crippen molar-refractivity contribution in [3.05, 3.63) is 35.4 Å². The normalized spacial score (nSPS) is 18.6. The maximum absolute atomic E-state index is 13.9. The molecule has 2 unspecified atom stereocenters. The topological polar surface area (TPSA) is 52.6 Å². The van der Waals surface area contributed by atoms with E-state index in [1.807, 2.05) is 6.92 Å². The summed E-state index contributed by atoms with van der Waals surface area (Å²) in [6.07, 6.45) is 1.59. The number of hydrogen-bond acceptors (Lipinski definition) is 2. The van der Waals surface area contributed by atoms with Crippen LogP contribution >= 0.6 is 0 Å². The van der Waals surface area contributed by atoms with Crippen LogP contribution in [0.4, 0.5) is 13.6 Å². The Morgan fingerprint density at radius 1 is 1.39 bits per heavy atom. The van der Waals surface area contributed by atoms with Crippen LogP contribution in [0.3, 0.4) is 0 Å². The number of halogens is 2. The number of aliphatic hydroxyl groups is 1. The van der Waals surface area contributed by atoms with E-state index in [0.717, 1.165) is 31.0 Å². The Balaban J connectivity index is 1.99. The highest BCUT2D eigenvalue weighted by Crippen LogP contribution is 2.23. The van der Waals surface area contributed by atoms with Gasteiger partial charge in [0, 0.05) is 18.7 Å². The fourth-order valence-electron chi connectivity index (χ4n) is 3.01. The Morgan fingerprint density at radius 2 is 2.04 bits per heavy atom. The second-order valence-electron chi connectivity index (χ2n) is 6.14. The summed E-state index contributed by atoms with van der Waals surface area (Å²) in [5.41, 5.74) is 0.166. The molecule has 0 aliphatic carbocycles. The standard InChI is InChI=1S/C17H24F2N2O2/c1-3-16(14-10-13(18)4-5-15(14)19)20-17(23)21-8-6-12(7-9-21)11(2)22/h4-5,10-12,16,22H,3,6-9H2,1-2H3,(H,20,23). The van der Waals surface area contributed by atoms with Gasteiger partial charge in [0.05, 0.1) is 12.1 Å². The molecule has 1 aromatic carbocycles. The third-order valence-corrected chi connectivity index (χ3v) is 4.55. The molecule has 1 aliphatic heterocycles. The van der Waals surface area contributed by atoms with Crippen LogP contribution in [0, 0.1) is 17.6 Å². The minimum absolute atomic E-state index is 0.166. The molecule has 1 fully saturated rings. The Hall–Kier alpha value is -1.69. The average molecular weight is 326 g/mol. The van der Waals surface area contributed by atoms with E-state index in [-0.39, 0.29) is 23.6 Å². The molecule has 2 N–H and O–H groups in total. The number of piperidine rings is 1. The molecule has 1 heterocycles. The molecule has 1 saturated heterocycles. The molecule has 0 saturated carbocycles. The number of benzene rings is 1. The van der Waals surface area contributed by atoms with Gasteiger partial charge >= 0.3 is 6.03 Å². The highest BCUT2D eigenvalue weighted by molar-refractivity contribution is 5.74. The van der Waals surface area contributed by atoms with Gasteiger partial charge in [-0.3, -0.25) is 0 Å². The van der Waals surface area contributed by atoms with Crippen molar-refractivity contribution in [2.24, 2.45) is 5.92 Å². The first kappa shape index (κ1) is 17.7. The number of urea groups is 1. The SMILES string of the molecule is CCC(NC(=O)N1CCC(C(C)O)CC1)c1cc(F)ccc1F. The van der Waals surface area contributed by atoms with Gasteiger partial charge < -0.3 is 15.3 Å². The summed E-state index contributed by atoms with van der Waals surface area (Å²) in [7, 11) is 0. The van der Waals surface area contributed by atoms with E-state index in [1.165, 1.54) is 0 Å². The Bertz CT molecular complexity index is 543. The minimum Gasteiger partial charge on any atom is -0.393 e. The lowest BCUT2D eigenvalue weighted by Crippen LogP contribution is -2.46. The number of hydrogen-bond donors (Lipinski definition) is 2. The van der Waals surface area contributed by atoms with E-state index < -0.39 is 17.7 Å². The predicted molar refractivity (Wildman–Crippen MR) is 83.9 cm³/mol. The van der Waals surface area contributed by atoms with Crippen LogP contribution < -0.4 is 5.32 Å². The van der Waals surface area contributed by atoms with Gasteiger partial charge in [0.25, 0.3) is 0 Å². The quantitative estimate of drug-likeness (QED) is 0.892. The largest absolute Gasteiger partial charge is 0.393 e. The van der Waals surface area contributed by atoms with Gasteiger partial charge in [-0.25, -0.2) is 13.6 Å². The first-order valence-electron chi connectivity index (χ1n) is 8.10. The first-order chi connectivity index (χ1) is 10.9. The Morgan fingerprint density at radius 3 is 2.61 bits per heavy atom. The maximum atomic E-state index is 13.9. The second-order valence-corrected chi connectivity index (χ2v) is 6.14. The number of carbonyl (C=O) groups excluding carboxylic acids is 1. The van der Waals surface area contributed by atoms with E-state index in [2.05, 4.69) is 5.32 Å². The minimum atomic E-state index is -0.562. The summed E-state index contributed by atoms with van der Waals surface area (Å²) in [6, 6.07) is 2.43. The van der Waals surface area contributed by atoms with E-state index in [1.54, 1.807) is 11.8 Å². The van der Waals surface area contributed by atoms with Crippen LogP contribution in [0.1, 0.15) is 44.7 Å². The van der Waals surface area contributed by atoms with Crippen molar-refractivity contribution in [1.82, 2.24) is 10.2 Å². The zero-order valence-corrected chi connectivity index (χ0v) is 13.6. The fourth-order valence-corrected chi connectivity index (χ4v) is 3.01. The third kappa shape index (κ3) is 4.41. The van der Waals surface area contributed by atoms with Crippen molar-refractivity contribution < 1.29 is 18.7 Å². The third-order valence-electron chi connectivity index (χ3n) is 4.55. The van der Waals surface area contributed by atoms with Crippen LogP contribution in [-0.2, 0) is 0 Å². The zero-order chi connectivity index (χ0) is 17.0. The van der Waals surface area contributed by atoms with Gasteiger partial charge in [-0.1, -0.05) is 6.92 Å². The van der Waals surface area contributed by atoms with Crippen LogP contribution in [0.15, 0.2) is 18.2 Å². The molecule has 1 aliphatic rings. The molecule has 2 amide bonds. The molecule has 6 heteroatoms. The fraction of sp³-hybridized carbons (Fsp3) is 0.588. The van der Waals surface area contributed by atoms with Gasteiger partial charge in [0.2, 0.25) is 0 Å². The van der Waals surface area contributed by atoms with Crippen LogP contribution in [0.5, 0.6) is 0 Å². The monoisotopic (exact) mass is 326 g/mol. The molecule has 1 aromatic rings. The summed E-state index contributed by atoms with van der Waals surface area (Å²) in [6.45, 7) is 4.70. The molecule has 23 heavy (non-hydrogen) atoms. The Labute approximate surface area is 135 Å². The first-order valence-corrected chi connectivity index (χ1v) is 8.10. The molecule has 2 rings (SSSR count). The van der Waals surface area contributed by atoms with Crippen LogP contribution in [0.25, 0.3) is 0 Å². The van der Waals surface area contributed by atoms with Crippen molar-refractivity contribution in [1.29, 1.82) is 0 Å². The smallest absolute Gasteiger partial charge is 0.317 e. The number of nitrogens with one attached hydrogen (secondary N) is 1. The lowest BCUT2D eigenvalue weighted by atomic mass is 9.92. The number of nitrogens with zero attached hydrogens (tertiary/aromatic N) is 1. The highest BCUT2D eigenvalue weighted by Gasteiger charge is 2.27. The predicted octanol–water partition coefficient (Wildman–Crippen LogP) is 3.22. The van der Waals surface area contributed by atoms with Crippen molar-refractivity contribution in [3.8, 4) is 0 Å². The van der Waals surface area contributed by atoms with Crippen LogP contribution in [0.2, 0.25) is 0 Å². The lowest BCUT2D eigenvalue weighted by molar-refractivity contribution is 0.0792. The molecular formula is C17H24F2N2O2. The van der Waals surface area contributed by atoms with E-state index >= 15 is 0 Å². The Kier molecular flexibility index (Phi) is 5.93. The van der Waals surface area contributed by atoms with Gasteiger partial charge in [0.1, 0.15) is 11.6 Å². The molecule has 128 valence electrons. The number of likely N-dealkylation sites (tertiary alicyclic amines) is 1.